The molecule has 0 unspecified atom stereocenters. The van der Waals surface area contributed by atoms with Gasteiger partial charge in [-0.3, -0.25) is 0 Å². The Morgan fingerprint density at radius 1 is 1.00 bits per heavy atom. The molecule has 11 heteroatoms. The first-order valence-corrected chi connectivity index (χ1v) is 12.5. The molecule has 0 radical (unpaired) electrons. The molecule has 2 aromatic heterocycles. The van der Waals surface area contributed by atoms with E-state index in [0.717, 1.165) is 41.5 Å². The first-order valence-electron chi connectivity index (χ1n) is 10.3. The SMILES string of the molecule is O=S(=O)(c1cc(Cl)ccc1Cl)n1ccc2cnc(Nc3ccc(N4CCNCC4)cc3)nc21. The third-order valence-corrected chi connectivity index (χ3v) is 7.81. The second-order valence-corrected chi connectivity index (χ2v) is 10.2. The van der Waals surface area contributed by atoms with Crippen molar-refractivity contribution in [1.29, 1.82) is 0 Å². The smallest absolute Gasteiger partial charge is 0.270 e. The summed E-state index contributed by atoms with van der Waals surface area (Å²) in [5, 5.41) is 7.42. The van der Waals surface area contributed by atoms with Gasteiger partial charge in [-0.25, -0.2) is 17.4 Å². The van der Waals surface area contributed by atoms with Crippen LogP contribution < -0.4 is 15.5 Å². The van der Waals surface area contributed by atoms with E-state index in [1.807, 2.05) is 24.3 Å². The summed E-state index contributed by atoms with van der Waals surface area (Å²) in [4.78, 5) is 11.0. The predicted molar refractivity (Wildman–Crippen MR) is 131 cm³/mol. The number of rotatable bonds is 5. The maximum absolute atomic E-state index is 13.3. The third-order valence-electron chi connectivity index (χ3n) is 5.43. The van der Waals surface area contributed by atoms with E-state index < -0.39 is 10.0 Å². The molecule has 8 nitrogen and oxygen atoms in total. The normalized spacial score (nSPS) is 14.5. The minimum atomic E-state index is -4.01. The van der Waals surface area contributed by atoms with Crippen LogP contribution in [-0.4, -0.2) is 48.5 Å². The molecule has 0 atom stereocenters. The standard InChI is InChI=1S/C22H20Cl2N6O2S/c23-16-1-6-19(24)20(13-16)33(31,32)30-10-7-15-14-26-22(28-21(15)30)27-17-2-4-18(5-3-17)29-11-8-25-9-12-29/h1-7,10,13-14,25H,8-9,11-12H2,(H,26,27,28). The van der Waals surface area contributed by atoms with Crippen LogP contribution >= 0.6 is 23.2 Å². The highest BCUT2D eigenvalue weighted by Crippen LogP contribution is 2.29. The van der Waals surface area contributed by atoms with Gasteiger partial charge in [0.2, 0.25) is 5.95 Å². The van der Waals surface area contributed by atoms with Crippen molar-refractivity contribution in [3.8, 4) is 0 Å². The van der Waals surface area contributed by atoms with Crippen LogP contribution in [0.15, 0.2) is 65.8 Å². The van der Waals surface area contributed by atoms with Crippen LogP contribution in [-0.2, 0) is 10.0 Å². The molecule has 1 fully saturated rings. The van der Waals surface area contributed by atoms with Crippen molar-refractivity contribution in [3.63, 3.8) is 0 Å². The van der Waals surface area contributed by atoms with Crippen molar-refractivity contribution in [3.05, 3.63) is 71.0 Å². The van der Waals surface area contributed by atoms with Crippen LogP contribution in [0, 0.1) is 0 Å². The number of nitrogens with one attached hydrogen (secondary N) is 2. The Balaban J connectivity index is 1.44. The lowest BCUT2D eigenvalue weighted by Crippen LogP contribution is -2.43. The van der Waals surface area contributed by atoms with E-state index in [-0.39, 0.29) is 26.5 Å². The number of aromatic nitrogens is 3. The molecular formula is C22H20Cl2N6O2S. The van der Waals surface area contributed by atoms with E-state index in [9.17, 15) is 8.42 Å². The van der Waals surface area contributed by atoms with Gasteiger partial charge < -0.3 is 15.5 Å². The van der Waals surface area contributed by atoms with Crippen LogP contribution in [0.5, 0.6) is 0 Å². The number of piperazine rings is 1. The van der Waals surface area contributed by atoms with Crippen molar-refractivity contribution in [1.82, 2.24) is 19.3 Å². The Kier molecular flexibility index (Phi) is 5.88. The Hall–Kier alpha value is -2.85. The lowest BCUT2D eigenvalue weighted by Gasteiger charge is -2.29. The van der Waals surface area contributed by atoms with Crippen LogP contribution in [0.4, 0.5) is 17.3 Å². The Labute approximate surface area is 201 Å². The molecule has 2 aromatic carbocycles. The summed E-state index contributed by atoms with van der Waals surface area (Å²) >= 11 is 12.2. The minimum absolute atomic E-state index is 0.0817. The zero-order chi connectivity index (χ0) is 23.0. The van der Waals surface area contributed by atoms with E-state index in [0.29, 0.717) is 5.39 Å². The van der Waals surface area contributed by atoms with Gasteiger partial charge in [-0.1, -0.05) is 23.2 Å². The molecule has 33 heavy (non-hydrogen) atoms. The second-order valence-electron chi connectivity index (χ2n) is 7.57. The zero-order valence-electron chi connectivity index (χ0n) is 17.4. The molecule has 5 rings (SSSR count). The summed E-state index contributed by atoms with van der Waals surface area (Å²) < 4.78 is 27.6. The molecule has 0 aliphatic carbocycles. The number of fused-ring (bicyclic) bond motifs is 1. The summed E-state index contributed by atoms with van der Waals surface area (Å²) in [6.07, 6.45) is 3.00. The number of halogens is 2. The highest BCUT2D eigenvalue weighted by Gasteiger charge is 2.23. The summed E-state index contributed by atoms with van der Waals surface area (Å²) in [5.74, 6) is 0.282. The van der Waals surface area contributed by atoms with Crippen LogP contribution in [0.3, 0.4) is 0 Å². The monoisotopic (exact) mass is 502 g/mol. The second kappa shape index (κ2) is 8.83. The van der Waals surface area contributed by atoms with Crippen molar-refractivity contribution in [2.75, 3.05) is 36.4 Å². The summed E-state index contributed by atoms with van der Waals surface area (Å²) in [7, 11) is -4.01. The van der Waals surface area contributed by atoms with E-state index >= 15 is 0 Å². The number of hydrogen-bond acceptors (Lipinski definition) is 7. The predicted octanol–water partition coefficient (Wildman–Crippen LogP) is 4.13. The molecule has 0 saturated carbocycles. The van der Waals surface area contributed by atoms with Crippen molar-refractivity contribution in [2.45, 2.75) is 4.90 Å². The molecule has 170 valence electrons. The lowest BCUT2D eigenvalue weighted by molar-refractivity contribution is 0.589. The topological polar surface area (TPSA) is 92.2 Å². The van der Waals surface area contributed by atoms with E-state index in [1.165, 1.54) is 24.4 Å². The van der Waals surface area contributed by atoms with Gasteiger partial charge in [-0.05, 0) is 48.5 Å². The van der Waals surface area contributed by atoms with Crippen LogP contribution in [0.1, 0.15) is 0 Å². The zero-order valence-corrected chi connectivity index (χ0v) is 19.7. The van der Waals surface area contributed by atoms with Gasteiger partial charge in [0.15, 0.2) is 5.65 Å². The summed E-state index contributed by atoms with van der Waals surface area (Å²) in [6, 6.07) is 13.9. The van der Waals surface area contributed by atoms with Gasteiger partial charge >= 0.3 is 0 Å². The molecule has 1 aliphatic heterocycles. The fraction of sp³-hybridized carbons (Fsp3) is 0.182. The fourth-order valence-corrected chi connectivity index (χ4v) is 5.78. The van der Waals surface area contributed by atoms with Gasteiger partial charge in [0, 0.05) is 60.4 Å². The Bertz CT molecular complexity index is 1420. The van der Waals surface area contributed by atoms with Gasteiger partial charge in [-0.2, -0.15) is 4.98 Å². The fourth-order valence-electron chi connectivity index (χ4n) is 3.74. The lowest BCUT2D eigenvalue weighted by atomic mass is 10.2. The van der Waals surface area contributed by atoms with Gasteiger partial charge in [0.25, 0.3) is 10.0 Å². The van der Waals surface area contributed by atoms with Crippen molar-refractivity contribution < 1.29 is 8.42 Å². The number of benzene rings is 2. The summed E-state index contributed by atoms with van der Waals surface area (Å²) in [6.45, 7) is 3.87. The Morgan fingerprint density at radius 3 is 2.52 bits per heavy atom. The van der Waals surface area contributed by atoms with E-state index in [4.69, 9.17) is 23.2 Å². The summed E-state index contributed by atoms with van der Waals surface area (Å²) in [5.41, 5.74) is 2.19. The largest absolute Gasteiger partial charge is 0.369 e. The quantitative estimate of drug-likeness (QED) is 0.423. The first kappa shape index (κ1) is 22.0. The molecule has 1 aliphatic rings. The molecule has 0 amide bonds. The van der Waals surface area contributed by atoms with E-state index in [2.05, 4.69) is 25.5 Å². The highest BCUT2D eigenvalue weighted by molar-refractivity contribution is 7.90. The molecule has 0 spiro atoms. The number of hydrogen-bond donors (Lipinski definition) is 2. The van der Waals surface area contributed by atoms with Crippen LogP contribution in [0.25, 0.3) is 11.0 Å². The number of anilines is 3. The van der Waals surface area contributed by atoms with Crippen LogP contribution in [0.2, 0.25) is 10.0 Å². The van der Waals surface area contributed by atoms with Gasteiger partial charge in [0.05, 0.1) is 5.02 Å². The maximum atomic E-state index is 13.3. The molecule has 4 aromatic rings. The first-order chi connectivity index (χ1) is 15.9. The van der Waals surface area contributed by atoms with Crippen molar-refractivity contribution >= 4 is 61.6 Å². The average molecular weight is 503 g/mol. The highest BCUT2D eigenvalue weighted by atomic mass is 35.5. The number of nitrogens with zero attached hydrogens (tertiary/aromatic N) is 4. The van der Waals surface area contributed by atoms with E-state index in [1.54, 1.807) is 12.3 Å². The van der Waals surface area contributed by atoms with Gasteiger partial charge in [-0.15, -0.1) is 0 Å². The maximum Gasteiger partial charge on any atom is 0.270 e. The average Bonchev–Trinajstić information content (AvgIpc) is 3.26. The Morgan fingerprint density at radius 2 is 1.76 bits per heavy atom. The van der Waals surface area contributed by atoms with Gasteiger partial charge in [0.1, 0.15) is 4.90 Å². The molecule has 2 N–H and O–H groups in total. The van der Waals surface area contributed by atoms with Crippen molar-refractivity contribution in [2.24, 2.45) is 0 Å². The molecular weight excluding hydrogens is 483 g/mol. The third kappa shape index (κ3) is 4.37. The molecule has 3 heterocycles. The minimum Gasteiger partial charge on any atom is -0.369 e. The molecule has 0 bridgehead atoms. The molecule has 1 saturated heterocycles.